The molecule has 0 atom stereocenters. The molecule has 0 aromatic carbocycles. The molecule has 0 saturated carbocycles. The van der Waals surface area contributed by atoms with Crippen LogP contribution in [-0.2, 0) is 0 Å². The van der Waals surface area contributed by atoms with Crippen molar-refractivity contribution in [2.45, 2.75) is 176 Å². The minimum Gasteiger partial charge on any atom is -0.338 e. The number of aromatic nitrogens is 3. The number of rotatable bonds is 10. The molecule has 3 rings (SSSR count). The molecule has 1 aromatic heterocycles. The molecule has 0 radical (unpaired) electrons. The Morgan fingerprint density at radius 1 is 0.610 bits per heavy atom. The molecule has 2 aliphatic heterocycles. The van der Waals surface area contributed by atoms with Gasteiger partial charge in [0.05, 0.1) is 0 Å². The first-order chi connectivity index (χ1) is 18.9. The van der Waals surface area contributed by atoms with Crippen molar-refractivity contribution >= 4 is 11.9 Å². The Bertz CT molecular complexity index is 846. The van der Waals surface area contributed by atoms with E-state index in [-0.39, 0.29) is 22.2 Å². The van der Waals surface area contributed by atoms with Crippen LogP contribution < -0.4 is 9.80 Å². The second-order valence-corrected chi connectivity index (χ2v) is 15.1. The van der Waals surface area contributed by atoms with Gasteiger partial charge in [0.25, 0.3) is 0 Å². The molecule has 0 spiro atoms. The van der Waals surface area contributed by atoms with Crippen molar-refractivity contribution in [3.05, 3.63) is 5.82 Å². The minimum atomic E-state index is 0.111. The van der Waals surface area contributed by atoms with Crippen LogP contribution in [-0.4, -0.2) is 86.2 Å². The van der Waals surface area contributed by atoms with Crippen molar-refractivity contribution in [3.8, 4) is 0 Å². The highest BCUT2D eigenvalue weighted by Crippen LogP contribution is 2.41. The van der Waals surface area contributed by atoms with Gasteiger partial charge in [-0.05, 0) is 115 Å². The molecule has 3 heterocycles. The van der Waals surface area contributed by atoms with E-state index in [1.54, 1.807) is 0 Å². The van der Waals surface area contributed by atoms with Crippen molar-refractivity contribution in [1.29, 1.82) is 0 Å². The Morgan fingerprint density at radius 2 is 0.902 bits per heavy atom. The SMILES string of the molecule is CC.CCCCN(c1nc(C)nc(N(CCCC)C2CC(C)(C)N(C)C(C)(C)C2)n1)C1CC(C)(C)N(C)C(C)(C)C1. The predicted octanol–water partition coefficient (Wildman–Crippen LogP) is 7.72. The van der Waals surface area contributed by atoms with E-state index in [0.717, 1.165) is 82.2 Å². The average Bonchev–Trinajstić information content (AvgIpc) is 2.86. The molecule has 0 N–H and O–H groups in total. The lowest BCUT2D eigenvalue weighted by molar-refractivity contribution is -0.0130. The molecule has 2 aliphatic rings. The fraction of sp³-hybridized carbons (Fsp3) is 0.912. The number of anilines is 2. The average molecular weight is 574 g/mol. The van der Waals surface area contributed by atoms with Gasteiger partial charge in [-0.1, -0.05) is 40.5 Å². The lowest BCUT2D eigenvalue weighted by Gasteiger charge is -2.56. The van der Waals surface area contributed by atoms with Crippen molar-refractivity contribution in [1.82, 2.24) is 24.8 Å². The van der Waals surface area contributed by atoms with Gasteiger partial charge < -0.3 is 9.80 Å². The van der Waals surface area contributed by atoms with Crippen LogP contribution in [0.25, 0.3) is 0 Å². The maximum absolute atomic E-state index is 5.32. The molecule has 0 amide bonds. The summed E-state index contributed by atoms with van der Waals surface area (Å²) in [6.07, 6.45) is 9.03. The van der Waals surface area contributed by atoms with E-state index in [9.17, 15) is 0 Å². The smallest absolute Gasteiger partial charge is 0.230 e. The van der Waals surface area contributed by atoms with Gasteiger partial charge in [-0.25, -0.2) is 0 Å². The molecule has 7 nitrogen and oxygen atoms in total. The van der Waals surface area contributed by atoms with E-state index in [2.05, 4.69) is 110 Å². The number of hydrogen-bond donors (Lipinski definition) is 0. The van der Waals surface area contributed by atoms with Crippen molar-refractivity contribution in [2.75, 3.05) is 37.0 Å². The van der Waals surface area contributed by atoms with Gasteiger partial charge in [-0.15, -0.1) is 0 Å². The second kappa shape index (κ2) is 13.9. The Balaban J connectivity index is 0.00000287. The standard InChI is InChI=1S/C32H61N7.C2H6/c1-14-16-18-38(25-20-29(4,5)36(12)30(6,7)21-25)27-33-24(3)34-28(35-27)39(19-17-15-2)26-22-31(8,9)37(13)32(10,11)23-26;1-2/h25-26H,14-23H2,1-13H3;1-2H3. The number of nitrogens with zero attached hydrogens (tertiary/aromatic N) is 7. The fourth-order valence-corrected chi connectivity index (χ4v) is 7.34. The van der Waals surface area contributed by atoms with E-state index in [1.807, 2.05) is 13.8 Å². The number of unbranched alkanes of at least 4 members (excludes halogenated alkanes) is 2. The van der Waals surface area contributed by atoms with Crippen molar-refractivity contribution in [2.24, 2.45) is 0 Å². The third-order valence-electron chi connectivity index (χ3n) is 10.2. The van der Waals surface area contributed by atoms with Crippen molar-refractivity contribution in [3.63, 3.8) is 0 Å². The molecular weight excluding hydrogens is 506 g/mol. The maximum Gasteiger partial charge on any atom is 0.230 e. The summed E-state index contributed by atoms with van der Waals surface area (Å²) in [5, 5.41) is 0. The topological polar surface area (TPSA) is 51.6 Å². The minimum absolute atomic E-state index is 0.111. The Morgan fingerprint density at radius 3 is 1.17 bits per heavy atom. The number of hydrogen-bond acceptors (Lipinski definition) is 7. The molecule has 41 heavy (non-hydrogen) atoms. The monoisotopic (exact) mass is 574 g/mol. The second-order valence-electron chi connectivity index (χ2n) is 15.1. The zero-order valence-corrected chi connectivity index (χ0v) is 29.9. The number of likely N-dealkylation sites (tertiary alicyclic amines) is 2. The van der Waals surface area contributed by atoms with E-state index in [1.165, 1.54) is 0 Å². The zero-order chi connectivity index (χ0) is 31.4. The molecule has 0 bridgehead atoms. The van der Waals surface area contributed by atoms with Crippen LogP contribution in [0, 0.1) is 6.92 Å². The largest absolute Gasteiger partial charge is 0.338 e. The van der Waals surface area contributed by atoms with Gasteiger partial charge in [-0.2, -0.15) is 15.0 Å². The van der Waals surface area contributed by atoms with Crippen molar-refractivity contribution < 1.29 is 0 Å². The number of aryl methyl sites for hydroxylation is 1. The summed E-state index contributed by atoms with van der Waals surface area (Å²) in [6, 6.07) is 0.801. The molecular formula is C34H67N7. The van der Waals surface area contributed by atoms with Gasteiger partial charge in [0.1, 0.15) is 5.82 Å². The normalized spacial score (nSPS) is 22.6. The summed E-state index contributed by atoms with van der Waals surface area (Å²) >= 11 is 0. The summed E-state index contributed by atoms with van der Waals surface area (Å²) < 4.78 is 0. The van der Waals surface area contributed by atoms with Crippen LogP contribution in [0.3, 0.4) is 0 Å². The Kier molecular flexibility index (Phi) is 12.1. The quantitative estimate of drug-likeness (QED) is 0.284. The lowest BCUT2D eigenvalue weighted by atomic mass is 9.77. The van der Waals surface area contributed by atoms with E-state index in [0.29, 0.717) is 12.1 Å². The van der Waals surface area contributed by atoms with Gasteiger partial charge in [0, 0.05) is 47.3 Å². The van der Waals surface area contributed by atoms with E-state index in [4.69, 9.17) is 15.0 Å². The van der Waals surface area contributed by atoms with Crippen LogP contribution in [0.5, 0.6) is 0 Å². The molecule has 1 aromatic rings. The van der Waals surface area contributed by atoms with E-state index < -0.39 is 0 Å². The molecule has 0 unspecified atom stereocenters. The summed E-state index contributed by atoms with van der Waals surface area (Å²) in [7, 11) is 4.57. The third kappa shape index (κ3) is 8.34. The number of piperidine rings is 2. The van der Waals surface area contributed by atoms with Crippen LogP contribution in [0.1, 0.15) is 140 Å². The Hall–Kier alpha value is -1.47. The van der Waals surface area contributed by atoms with Gasteiger partial charge >= 0.3 is 0 Å². The lowest BCUT2D eigenvalue weighted by Crippen LogP contribution is -2.63. The maximum atomic E-state index is 5.32. The molecule has 2 fully saturated rings. The molecule has 238 valence electrons. The molecule has 7 heteroatoms. The van der Waals surface area contributed by atoms with Crippen LogP contribution >= 0.6 is 0 Å². The first-order valence-corrected chi connectivity index (χ1v) is 16.7. The summed E-state index contributed by atoms with van der Waals surface area (Å²) in [5.74, 6) is 2.58. The Labute approximate surface area is 254 Å². The summed E-state index contributed by atoms with van der Waals surface area (Å²) in [6.45, 7) is 31.7. The highest BCUT2D eigenvalue weighted by atomic mass is 15.4. The summed E-state index contributed by atoms with van der Waals surface area (Å²) in [4.78, 5) is 25.5. The first-order valence-electron chi connectivity index (χ1n) is 16.7. The third-order valence-corrected chi connectivity index (χ3v) is 10.2. The zero-order valence-electron chi connectivity index (χ0n) is 29.9. The predicted molar refractivity (Wildman–Crippen MR) is 178 cm³/mol. The molecule has 2 saturated heterocycles. The molecule has 0 aliphatic carbocycles. The fourth-order valence-electron chi connectivity index (χ4n) is 7.34. The van der Waals surface area contributed by atoms with Crippen LogP contribution in [0.15, 0.2) is 0 Å². The first kappa shape index (κ1) is 35.7. The van der Waals surface area contributed by atoms with Gasteiger partial charge in [-0.3, -0.25) is 9.80 Å². The van der Waals surface area contributed by atoms with E-state index >= 15 is 0 Å². The highest BCUT2D eigenvalue weighted by molar-refractivity contribution is 5.42. The van der Waals surface area contributed by atoms with Gasteiger partial charge in [0.15, 0.2) is 0 Å². The van der Waals surface area contributed by atoms with Gasteiger partial charge in [0.2, 0.25) is 11.9 Å². The highest BCUT2D eigenvalue weighted by Gasteiger charge is 2.47. The van der Waals surface area contributed by atoms with Crippen LogP contribution in [0.2, 0.25) is 0 Å². The van der Waals surface area contributed by atoms with Crippen LogP contribution in [0.4, 0.5) is 11.9 Å². The summed E-state index contributed by atoms with van der Waals surface area (Å²) in [5.41, 5.74) is 0.445.